The Balaban J connectivity index is 2.62. The van der Waals surface area contributed by atoms with E-state index >= 15 is 0 Å². The fraction of sp³-hybridized carbons (Fsp3) is 0.833. The monoisotopic (exact) mass is 196 g/mol. The summed E-state index contributed by atoms with van der Waals surface area (Å²) in [7, 11) is 0. The number of nitrogens with two attached hydrogens (primary N) is 1. The first-order chi connectivity index (χ1) is 6.65. The largest absolute Gasteiger partial charge is 0.271 e. The van der Waals surface area contributed by atoms with E-state index in [2.05, 4.69) is 32.3 Å². The number of nitrogens with one attached hydrogen (secondary N) is 1. The molecular formula is C12H24N2. The predicted octanol–water partition coefficient (Wildman–Crippen LogP) is 2.61. The van der Waals surface area contributed by atoms with Gasteiger partial charge in [-0.1, -0.05) is 37.8 Å². The summed E-state index contributed by atoms with van der Waals surface area (Å²) >= 11 is 0. The van der Waals surface area contributed by atoms with Gasteiger partial charge in [-0.2, -0.15) is 0 Å². The Hall–Kier alpha value is -0.340. The minimum atomic E-state index is 0.371. The molecule has 0 aliphatic heterocycles. The van der Waals surface area contributed by atoms with Crippen molar-refractivity contribution in [1.29, 1.82) is 0 Å². The maximum Gasteiger partial charge on any atom is 0.0423 e. The van der Waals surface area contributed by atoms with Crippen molar-refractivity contribution in [1.82, 2.24) is 5.43 Å². The van der Waals surface area contributed by atoms with Crippen molar-refractivity contribution < 1.29 is 0 Å². The topological polar surface area (TPSA) is 38.0 Å². The predicted molar refractivity (Wildman–Crippen MR) is 61.7 cm³/mol. The van der Waals surface area contributed by atoms with Gasteiger partial charge in [0.1, 0.15) is 0 Å². The Kier molecular flexibility index (Phi) is 4.63. The summed E-state index contributed by atoms with van der Waals surface area (Å²) in [6.45, 7) is 6.63. The number of hydrogen-bond acceptors (Lipinski definition) is 2. The van der Waals surface area contributed by atoms with Crippen LogP contribution in [-0.4, -0.2) is 6.04 Å². The average molecular weight is 196 g/mol. The number of hydrazine groups is 1. The first-order valence-corrected chi connectivity index (χ1v) is 5.76. The summed E-state index contributed by atoms with van der Waals surface area (Å²) in [6.07, 6.45) is 7.71. The first-order valence-electron chi connectivity index (χ1n) is 5.76. The highest BCUT2D eigenvalue weighted by Crippen LogP contribution is 2.32. The fourth-order valence-electron chi connectivity index (χ4n) is 2.53. The minimum absolute atomic E-state index is 0.371. The van der Waals surface area contributed by atoms with Gasteiger partial charge in [-0.3, -0.25) is 11.3 Å². The smallest absolute Gasteiger partial charge is 0.0423 e. The molecule has 82 valence electrons. The van der Waals surface area contributed by atoms with E-state index in [1.165, 1.54) is 31.3 Å². The van der Waals surface area contributed by atoms with Crippen molar-refractivity contribution in [3.05, 3.63) is 11.6 Å². The third-order valence-corrected chi connectivity index (χ3v) is 3.34. The number of hydrogen-bond donors (Lipinski definition) is 2. The summed E-state index contributed by atoms with van der Waals surface area (Å²) in [5, 5.41) is 0. The highest BCUT2D eigenvalue weighted by Gasteiger charge is 2.26. The van der Waals surface area contributed by atoms with Crippen molar-refractivity contribution in [2.24, 2.45) is 17.7 Å². The standard InChI is InChI=1S/C12H24N2/c1-9(2)8-12(14-13)11-7-5-4-6-10(11)3/h8,10-12,14H,4-7,13H2,1-3H3. The van der Waals surface area contributed by atoms with Gasteiger partial charge in [0, 0.05) is 6.04 Å². The third kappa shape index (κ3) is 3.10. The van der Waals surface area contributed by atoms with E-state index < -0.39 is 0 Å². The quantitative estimate of drug-likeness (QED) is 0.414. The molecule has 1 saturated carbocycles. The lowest BCUT2D eigenvalue weighted by Crippen LogP contribution is -2.43. The summed E-state index contributed by atoms with van der Waals surface area (Å²) in [5.74, 6) is 7.15. The average Bonchev–Trinajstić information content (AvgIpc) is 2.15. The van der Waals surface area contributed by atoms with Crippen LogP contribution >= 0.6 is 0 Å². The zero-order valence-corrected chi connectivity index (χ0v) is 9.72. The van der Waals surface area contributed by atoms with E-state index in [1.807, 2.05) is 0 Å². The van der Waals surface area contributed by atoms with Crippen molar-refractivity contribution in [3.8, 4) is 0 Å². The maximum absolute atomic E-state index is 5.62. The second kappa shape index (κ2) is 5.52. The molecule has 0 heterocycles. The molecule has 1 fully saturated rings. The van der Waals surface area contributed by atoms with Crippen LogP contribution < -0.4 is 11.3 Å². The SMILES string of the molecule is CC(C)=CC(NN)C1CCCCC1C. The summed E-state index contributed by atoms with van der Waals surface area (Å²) in [6, 6.07) is 0.371. The van der Waals surface area contributed by atoms with E-state index in [1.54, 1.807) is 0 Å². The molecule has 0 saturated heterocycles. The Labute approximate surface area is 87.9 Å². The Morgan fingerprint density at radius 1 is 1.36 bits per heavy atom. The molecule has 2 nitrogen and oxygen atoms in total. The van der Waals surface area contributed by atoms with Crippen LogP contribution in [-0.2, 0) is 0 Å². The number of allylic oxidation sites excluding steroid dienone is 1. The van der Waals surface area contributed by atoms with E-state index in [0.717, 1.165) is 11.8 Å². The highest BCUT2D eigenvalue weighted by molar-refractivity contribution is 5.03. The van der Waals surface area contributed by atoms with Crippen LogP contribution in [0.25, 0.3) is 0 Å². The van der Waals surface area contributed by atoms with Gasteiger partial charge < -0.3 is 0 Å². The van der Waals surface area contributed by atoms with E-state index in [4.69, 9.17) is 5.84 Å². The lowest BCUT2D eigenvalue weighted by Gasteiger charge is -2.33. The molecule has 3 unspecified atom stereocenters. The molecule has 0 aromatic carbocycles. The summed E-state index contributed by atoms with van der Waals surface area (Å²) in [5.41, 5.74) is 4.31. The van der Waals surface area contributed by atoms with Crippen LogP contribution in [0.2, 0.25) is 0 Å². The zero-order valence-electron chi connectivity index (χ0n) is 9.72. The number of rotatable bonds is 3. The molecule has 0 bridgehead atoms. The molecule has 1 rings (SSSR count). The Morgan fingerprint density at radius 2 is 2.00 bits per heavy atom. The fourth-order valence-corrected chi connectivity index (χ4v) is 2.53. The van der Waals surface area contributed by atoms with E-state index in [-0.39, 0.29) is 0 Å². The first kappa shape index (κ1) is 11.7. The summed E-state index contributed by atoms with van der Waals surface area (Å²) < 4.78 is 0. The van der Waals surface area contributed by atoms with Gasteiger partial charge in [0.05, 0.1) is 0 Å². The zero-order chi connectivity index (χ0) is 10.6. The molecule has 2 heteroatoms. The van der Waals surface area contributed by atoms with Gasteiger partial charge in [-0.15, -0.1) is 0 Å². The Bertz CT molecular complexity index is 194. The van der Waals surface area contributed by atoms with Crippen LogP contribution in [0, 0.1) is 11.8 Å². The van der Waals surface area contributed by atoms with Gasteiger partial charge in [-0.25, -0.2) is 0 Å². The molecule has 1 aliphatic rings. The molecule has 0 aromatic rings. The van der Waals surface area contributed by atoms with Crippen LogP contribution in [0.4, 0.5) is 0 Å². The van der Waals surface area contributed by atoms with Crippen molar-refractivity contribution in [2.45, 2.75) is 52.5 Å². The van der Waals surface area contributed by atoms with E-state index in [0.29, 0.717) is 6.04 Å². The van der Waals surface area contributed by atoms with Crippen molar-refractivity contribution >= 4 is 0 Å². The molecule has 3 N–H and O–H groups in total. The van der Waals surface area contributed by atoms with Crippen LogP contribution in [0.15, 0.2) is 11.6 Å². The van der Waals surface area contributed by atoms with Crippen LogP contribution in [0.1, 0.15) is 46.5 Å². The molecule has 3 atom stereocenters. The van der Waals surface area contributed by atoms with Gasteiger partial charge >= 0.3 is 0 Å². The third-order valence-electron chi connectivity index (χ3n) is 3.34. The van der Waals surface area contributed by atoms with Gasteiger partial charge in [0.2, 0.25) is 0 Å². The summed E-state index contributed by atoms with van der Waals surface area (Å²) in [4.78, 5) is 0. The second-order valence-electron chi connectivity index (χ2n) is 4.86. The highest BCUT2D eigenvalue weighted by atomic mass is 15.2. The molecule has 1 aliphatic carbocycles. The lowest BCUT2D eigenvalue weighted by atomic mass is 9.76. The molecule has 0 radical (unpaired) electrons. The maximum atomic E-state index is 5.62. The molecule has 0 spiro atoms. The normalized spacial score (nSPS) is 29.7. The molecular weight excluding hydrogens is 172 g/mol. The minimum Gasteiger partial charge on any atom is -0.271 e. The Morgan fingerprint density at radius 3 is 2.50 bits per heavy atom. The van der Waals surface area contributed by atoms with Gasteiger partial charge in [0.25, 0.3) is 0 Å². The van der Waals surface area contributed by atoms with Gasteiger partial charge in [0.15, 0.2) is 0 Å². The van der Waals surface area contributed by atoms with Crippen molar-refractivity contribution in [3.63, 3.8) is 0 Å². The van der Waals surface area contributed by atoms with E-state index in [9.17, 15) is 0 Å². The van der Waals surface area contributed by atoms with Crippen LogP contribution in [0.3, 0.4) is 0 Å². The molecule has 0 aromatic heterocycles. The van der Waals surface area contributed by atoms with Crippen LogP contribution in [0.5, 0.6) is 0 Å². The molecule has 0 amide bonds. The second-order valence-corrected chi connectivity index (χ2v) is 4.86. The van der Waals surface area contributed by atoms with Gasteiger partial charge in [-0.05, 0) is 32.1 Å². The molecule has 14 heavy (non-hydrogen) atoms. The van der Waals surface area contributed by atoms with Crippen molar-refractivity contribution in [2.75, 3.05) is 0 Å². The lowest BCUT2D eigenvalue weighted by molar-refractivity contribution is 0.217.